The summed E-state index contributed by atoms with van der Waals surface area (Å²) in [5.74, 6) is 1.72. The van der Waals surface area contributed by atoms with Crippen LogP contribution in [0, 0.1) is 12.8 Å². The van der Waals surface area contributed by atoms with Gasteiger partial charge < -0.3 is 10.1 Å². The predicted octanol–water partition coefficient (Wildman–Crippen LogP) is 3.60. The van der Waals surface area contributed by atoms with Gasteiger partial charge in [-0.2, -0.15) is 0 Å². The fourth-order valence-electron chi connectivity index (χ4n) is 1.91. The zero-order chi connectivity index (χ0) is 18.4. The summed E-state index contributed by atoms with van der Waals surface area (Å²) in [6.45, 7) is 8.80. The summed E-state index contributed by atoms with van der Waals surface area (Å²) in [6.07, 6.45) is 0. The molecular formula is C17H23ClN4O2S. The Morgan fingerprint density at radius 1 is 1.40 bits per heavy atom. The number of aromatic nitrogens is 3. The van der Waals surface area contributed by atoms with Crippen molar-refractivity contribution in [1.82, 2.24) is 20.5 Å². The normalized spacial score (nSPS) is 12.2. The molecule has 1 aromatic heterocycles. The molecule has 0 saturated carbocycles. The molecule has 0 bridgehead atoms. The number of aryl methyl sites for hydroxylation is 1. The zero-order valence-electron chi connectivity index (χ0n) is 14.8. The van der Waals surface area contributed by atoms with Gasteiger partial charge in [-0.05, 0) is 43.5 Å². The molecule has 1 heterocycles. The maximum absolute atomic E-state index is 12.0. The molecule has 136 valence electrons. The molecule has 2 aromatic rings. The number of carbonyl (C=O) groups excluding carboxylic acids is 1. The van der Waals surface area contributed by atoms with Gasteiger partial charge in [0.05, 0.1) is 5.25 Å². The molecule has 0 fully saturated rings. The fraction of sp³-hybridized carbons (Fsp3) is 0.471. The minimum absolute atomic E-state index is 0.0158. The topological polar surface area (TPSA) is 79.9 Å². The molecule has 0 aliphatic rings. The molecule has 0 aliphatic heterocycles. The molecule has 6 nitrogen and oxygen atoms in total. The van der Waals surface area contributed by atoms with Crippen LogP contribution in [-0.2, 0) is 11.4 Å². The van der Waals surface area contributed by atoms with Crippen LogP contribution in [0.5, 0.6) is 5.75 Å². The molecule has 1 aromatic carbocycles. The summed E-state index contributed by atoms with van der Waals surface area (Å²) in [5, 5.41) is 10.8. The van der Waals surface area contributed by atoms with Crippen molar-refractivity contribution in [2.24, 2.45) is 5.92 Å². The number of ether oxygens (including phenoxy) is 1. The molecule has 0 saturated heterocycles. The second kappa shape index (κ2) is 9.10. The second-order valence-corrected chi connectivity index (χ2v) is 7.88. The van der Waals surface area contributed by atoms with Gasteiger partial charge in [0, 0.05) is 11.6 Å². The maximum Gasteiger partial charge on any atom is 0.233 e. The van der Waals surface area contributed by atoms with Gasteiger partial charge in [-0.25, -0.2) is 4.98 Å². The molecule has 0 spiro atoms. The number of halogens is 1. The van der Waals surface area contributed by atoms with Crippen molar-refractivity contribution in [3.63, 3.8) is 0 Å². The molecule has 8 heteroatoms. The first-order chi connectivity index (χ1) is 11.8. The third-order valence-corrected chi connectivity index (χ3v) is 4.74. The Hall–Kier alpha value is -1.73. The standard InChI is InChI=1S/C17H23ClN4O2S/c1-10(2)8-19-16(23)12(4)25-17-20-15(21-22-17)9-24-13-5-6-14(18)11(3)7-13/h5-7,10,12H,8-9H2,1-4H3,(H,19,23)(H,20,21,22)/t12-/m0/s1. The number of hydrogen-bond donors (Lipinski definition) is 2. The van der Waals surface area contributed by atoms with E-state index in [4.69, 9.17) is 16.3 Å². The summed E-state index contributed by atoms with van der Waals surface area (Å²) in [6, 6.07) is 5.48. The quantitative estimate of drug-likeness (QED) is 0.682. The first-order valence-corrected chi connectivity index (χ1v) is 9.35. The molecule has 25 heavy (non-hydrogen) atoms. The zero-order valence-corrected chi connectivity index (χ0v) is 16.4. The van der Waals surface area contributed by atoms with Gasteiger partial charge in [0.2, 0.25) is 11.1 Å². The minimum atomic E-state index is -0.262. The average molecular weight is 383 g/mol. The van der Waals surface area contributed by atoms with Gasteiger partial charge in [0.15, 0.2) is 5.82 Å². The van der Waals surface area contributed by atoms with Crippen LogP contribution < -0.4 is 10.1 Å². The first kappa shape index (κ1) is 19.6. The Morgan fingerprint density at radius 3 is 2.84 bits per heavy atom. The van der Waals surface area contributed by atoms with Crippen LogP contribution in [0.4, 0.5) is 0 Å². The SMILES string of the molecule is Cc1cc(OCc2nc(S[C@@H](C)C(=O)NCC(C)C)n[nH]2)ccc1Cl. The molecule has 1 amide bonds. The molecule has 2 N–H and O–H groups in total. The van der Waals surface area contributed by atoms with E-state index in [0.29, 0.717) is 34.2 Å². The van der Waals surface area contributed by atoms with Gasteiger partial charge in [-0.15, -0.1) is 5.10 Å². The van der Waals surface area contributed by atoms with Gasteiger partial charge in [-0.3, -0.25) is 9.89 Å². The first-order valence-electron chi connectivity index (χ1n) is 8.09. The van der Waals surface area contributed by atoms with E-state index in [0.717, 1.165) is 5.56 Å². The number of H-pyrrole nitrogens is 1. The monoisotopic (exact) mass is 382 g/mol. The highest BCUT2D eigenvalue weighted by molar-refractivity contribution is 8.00. The number of amides is 1. The van der Waals surface area contributed by atoms with E-state index in [1.54, 1.807) is 6.07 Å². The van der Waals surface area contributed by atoms with Gasteiger partial charge in [-0.1, -0.05) is 37.2 Å². The van der Waals surface area contributed by atoms with Crippen molar-refractivity contribution in [1.29, 1.82) is 0 Å². The maximum atomic E-state index is 12.0. The summed E-state index contributed by atoms with van der Waals surface area (Å²) in [4.78, 5) is 16.3. The number of aromatic amines is 1. The Bertz CT molecular complexity index is 720. The van der Waals surface area contributed by atoms with Gasteiger partial charge in [0.25, 0.3) is 0 Å². The van der Waals surface area contributed by atoms with Crippen molar-refractivity contribution in [3.05, 3.63) is 34.6 Å². The van der Waals surface area contributed by atoms with Crippen LogP contribution in [-0.4, -0.2) is 32.9 Å². The van der Waals surface area contributed by atoms with E-state index in [2.05, 4.69) is 34.3 Å². The highest BCUT2D eigenvalue weighted by Crippen LogP contribution is 2.22. The van der Waals surface area contributed by atoms with Crippen LogP contribution >= 0.6 is 23.4 Å². The lowest BCUT2D eigenvalue weighted by Crippen LogP contribution is -2.33. The van der Waals surface area contributed by atoms with Crippen molar-refractivity contribution in [2.75, 3.05) is 6.54 Å². The molecule has 2 rings (SSSR count). The predicted molar refractivity (Wildman–Crippen MR) is 100 cm³/mol. The Kier molecular flexibility index (Phi) is 7.13. The number of benzene rings is 1. The van der Waals surface area contributed by atoms with Crippen LogP contribution in [0.25, 0.3) is 0 Å². The van der Waals surface area contributed by atoms with Crippen LogP contribution in [0.15, 0.2) is 23.4 Å². The Labute approximate surface area is 157 Å². The van der Waals surface area contributed by atoms with Crippen molar-refractivity contribution < 1.29 is 9.53 Å². The lowest BCUT2D eigenvalue weighted by Gasteiger charge is -2.11. The second-order valence-electron chi connectivity index (χ2n) is 6.16. The van der Waals surface area contributed by atoms with Crippen molar-refractivity contribution in [2.45, 2.75) is 44.7 Å². The van der Waals surface area contributed by atoms with Gasteiger partial charge >= 0.3 is 0 Å². The third-order valence-electron chi connectivity index (χ3n) is 3.35. The fourth-order valence-corrected chi connectivity index (χ4v) is 2.80. The van der Waals surface area contributed by atoms with Crippen LogP contribution in [0.2, 0.25) is 5.02 Å². The van der Waals surface area contributed by atoms with Crippen LogP contribution in [0.1, 0.15) is 32.2 Å². The van der Waals surface area contributed by atoms with E-state index in [1.807, 2.05) is 26.0 Å². The molecule has 1 atom stereocenters. The third kappa shape index (κ3) is 6.25. The number of carbonyl (C=O) groups is 1. The summed E-state index contributed by atoms with van der Waals surface area (Å²) in [7, 11) is 0. The largest absolute Gasteiger partial charge is 0.486 e. The van der Waals surface area contributed by atoms with E-state index < -0.39 is 0 Å². The molecule has 0 unspecified atom stereocenters. The Morgan fingerprint density at radius 2 is 2.16 bits per heavy atom. The summed E-state index contributed by atoms with van der Waals surface area (Å²) >= 11 is 7.31. The lowest BCUT2D eigenvalue weighted by atomic mass is 10.2. The number of rotatable bonds is 8. The van der Waals surface area contributed by atoms with E-state index in [-0.39, 0.29) is 17.8 Å². The van der Waals surface area contributed by atoms with Crippen molar-refractivity contribution >= 4 is 29.3 Å². The van der Waals surface area contributed by atoms with Crippen LogP contribution in [0.3, 0.4) is 0 Å². The number of nitrogens with zero attached hydrogens (tertiary/aromatic N) is 2. The van der Waals surface area contributed by atoms with Gasteiger partial charge in [0.1, 0.15) is 12.4 Å². The van der Waals surface area contributed by atoms with Crippen molar-refractivity contribution in [3.8, 4) is 5.75 Å². The summed E-state index contributed by atoms with van der Waals surface area (Å²) in [5.41, 5.74) is 0.953. The Balaban J connectivity index is 1.85. The highest BCUT2D eigenvalue weighted by atomic mass is 35.5. The number of nitrogens with one attached hydrogen (secondary N) is 2. The molecule has 0 radical (unpaired) electrons. The van der Waals surface area contributed by atoms with E-state index in [9.17, 15) is 4.79 Å². The van der Waals surface area contributed by atoms with E-state index >= 15 is 0 Å². The highest BCUT2D eigenvalue weighted by Gasteiger charge is 2.17. The minimum Gasteiger partial charge on any atom is -0.486 e. The molecular weight excluding hydrogens is 360 g/mol. The lowest BCUT2D eigenvalue weighted by molar-refractivity contribution is -0.120. The summed E-state index contributed by atoms with van der Waals surface area (Å²) < 4.78 is 5.68. The molecule has 0 aliphatic carbocycles. The average Bonchev–Trinajstić information content (AvgIpc) is 3.01. The van der Waals surface area contributed by atoms with E-state index in [1.165, 1.54) is 11.8 Å². The number of hydrogen-bond acceptors (Lipinski definition) is 5. The number of thioether (sulfide) groups is 1. The smallest absolute Gasteiger partial charge is 0.233 e.